The van der Waals surface area contributed by atoms with Gasteiger partial charge in [-0.2, -0.15) is 0 Å². The number of nitrogens with two attached hydrogens (primary N) is 1. The topological polar surface area (TPSA) is 98.2 Å². The van der Waals surface area contributed by atoms with Crippen LogP contribution >= 0.6 is 0 Å². The maximum absolute atomic E-state index is 12.2. The van der Waals surface area contributed by atoms with Gasteiger partial charge in [0.25, 0.3) is 0 Å². The van der Waals surface area contributed by atoms with Gasteiger partial charge in [0.05, 0.1) is 17.1 Å². The van der Waals surface area contributed by atoms with Crippen molar-refractivity contribution in [3.05, 3.63) is 47.3 Å². The molecule has 7 heteroatoms. The van der Waals surface area contributed by atoms with Crippen molar-refractivity contribution in [3.63, 3.8) is 0 Å². The molecule has 2 rings (SSSR count). The summed E-state index contributed by atoms with van der Waals surface area (Å²) in [5.74, 6) is 0.637. The average Bonchev–Trinajstić information content (AvgIpc) is 2.82. The van der Waals surface area contributed by atoms with Crippen LogP contribution in [0.15, 0.2) is 39.8 Å². The molecule has 0 amide bonds. The Labute approximate surface area is 118 Å². The zero-order valence-electron chi connectivity index (χ0n) is 11.3. The Kier molecular flexibility index (Phi) is 4.22. The minimum atomic E-state index is -3.59. The van der Waals surface area contributed by atoms with Crippen molar-refractivity contribution in [3.8, 4) is 0 Å². The number of aromatic nitrogens is 1. The summed E-state index contributed by atoms with van der Waals surface area (Å²) in [4.78, 5) is 0.188. The van der Waals surface area contributed by atoms with Gasteiger partial charge in [-0.25, -0.2) is 13.1 Å². The van der Waals surface area contributed by atoms with E-state index in [0.717, 1.165) is 5.56 Å². The molecular formula is C13H17N3O3S. The van der Waals surface area contributed by atoms with Crippen LogP contribution in [-0.4, -0.2) is 13.6 Å². The van der Waals surface area contributed by atoms with Crippen molar-refractivity contribution in [1.29, 1.82) is 0 Å². The molecule has 0 radical (unpaired) electrons. The van der Waals surface area contributed by atoms with E-state index in [1.807, 2.05) is 0 Å². The van der Waals surface area contributed by atoms with Gasteiger partial charge in [-0.15, -0.1) is 0 Å². The number of hydrogen-bond acceptors (Lipinski definition) is 5. The maximum atomic E-state index is 12.2. The molecule has 0 saturated carbocycles. The summed E-state index contributed by atoms with van der Waals surface area (Å²) in [5.41, 5.74) is 7.06. The highest BCUT2D eigenvalue weighted by molar-refractivity contribution is 7.89. The zero-order valence-corrected chi connectivity index (χ0v) is 12.1. The molecule has 0 spiro atoms. The van der Waals surface area contributed by atoms with Crippen LogP contribution in [0.2, 0.25) is 0 Å². The third-order valence-electron chi connectivity index (χ3n) is 2.81. The highest BCUT2D eigenvalue weighted by Gasteiger charge is 2.15. The third-order valence-corrected chi connectivity index (χ3v) is 4.21. The summed E-state index contributed by atoms with van der Waals surface area (Å²) in [6.07, 6.45) is 0. The molecule has 2 aromatic rings. The first-order valence-electron chi connectivity index (χ1n) is 6.16. The fraction of sp³-hybridized carbons (Fsp3) is 0.308. The number of nitrogens with one attached hydrogen (secondary N) is 1. The van der Waals surface area contributed by atoms with Gasteiger partial charge in [-0.05, 0) is 31.5 Å². The zero-order chi connectivity index (χ0) is 14.8. The fourth-order valence-corrected chi connectivity index (χ4v) is 2.77. The first kappa shape index (κ1) is 14.7. The summed E-state index contributed by atoms with van der Waals surface area (Å²) in [7, 11) is -3.59. The van der Waals surface area contributed by atoms with Crippen molar-refractivity contribution < 1.29 is 12.9 Å². The Morgan fingerprint density at radius 3 is 2.75 bits per heavy atom. The second kappa shape index (κ2) is 5.74. The van der Waals surface area contributed by atoms with Gasteiger partial charge in [-0.3, -0.25) is 0 Å². The Balaban J connectivity index is 2.15. The highest BCUT2D eigenvalue weighted by atomic mass is 32.2. The lowest BCUT2D eigenvalue weighted by Crippen LogP contribution is -2.23. The van der Waals surface area contributed by atoms with Crippen LogP contribution < -0.4 is 10.5 Å². The van der Waals surface area contributed by atoms with E-state index in [1.54, 1.807) is 38.1 Å². The van der Waals surface area contributed by atoms with Crippen LogP contribution in [0.3, 0.4) is 0 Å². The SMILES string of the molecule is Cc1cc(CNS(=O)(=O)c2cccc(C(C)N)c2)no1. The predicted octanol–water partition coefficient (Wildman–Crippen LogP) is 1.48. The molecule has 3 N–H and O–H groups in total. The highest BCUT2D eigenvalue weighted by Crippen LogP contribution is 2.16. The molecule has 1 atom stereocenters. The number of nitrogens with zero attached hydrogens (tertiary/aromatic N) is 1. The van der Waals surface area contributed by atoms with Crippen LogP contribution in [0, 0.1) is 6.92 Å². The maximum Gasteiger partial charge on any atom is 0.240 e. The molecule has 0 aliphatic heterocycles. The summed E-state index contributed by atoms with van der Waals surface area (Å²) in [6.45, 7) is 3.64. The summed E-state index contributed by atoms with van der Waals surface area (Å²) < 4.78 is 31.7. The first-order chi connectivity index (χ1) is 9.38. The van der Waals surface area contributed by atoms with Crippen LogP contribution in [-0.2, 0) is 16.6 Å². The molecule has 1 heterocycles. The Morgan fingerprint density at radius 1 is 1.40 bits per heavy atom. The van der Waals surface area contributed by atoms with Gasteiger partial charge < -0.3 is 10.3 Å². The van der Waals surface area contributed by atoms with E-state index in [9.17, 15) is 8.42 Å². The van der Waals surface area contributed by atoms with E-state index in [0.29, 0.717) is 11.5 Å². The number of aryl methyl sites for hydroxylation is 1. The summed E-state index contributed by atoms with van der Waals surface area (Å²) >= 11 is 0. The lowest BCUT2D eigenvalue weighted by molar-refractivity contribution is 0.390. The number of benzene rings is 1. The van der Waals surface area contributed by atoms with Crippen LogP contribution in [0.1, 0.15) is 30.0 Å². The van der Waals surface area contributed by atoms with Crippen LogP contribution in [0.4, 0.5) is 0 Å². The molecule has 0 saturated heterocycles. The average molecular weight is 295 g/mol. The summed E-state index contributed by atoms with van der Waals surface area (Å²) in [6, 6.07) is 8.03. The molecule has 108 valence electrons. The van der Waals surface area contributed by atoms with Crippen molar-refractivity contribution in [2.24, 2.45) is 5.73 Å². The lowest BCUT2D eigenvalue weighted by atomic mass is 10.1. The normalized spacial score (nSPS) is 13.3. The first-order valence-corrected chi connectivity index (χ1v) is 7.64. The quantitative estimate of drug-likeness (QED) is 0.870. The Bertz CT molecular complexity index is 692. The molecule has 20 heavy (non-hydrogen) atoms. The van der Waals surface area contributed by atoms with Crippen molar-refractivity contribution >= 4 is 10.0 Å². The van der Waals surface area contributed by atoms with Gasteiger partial charge in [0, 0.05) is 12.1 Å². The van der Waals surface area contributed by atoms with Gasteiger partial charge >= 0.3 is 0 Å². The number of sulfonamides is 1. The van der Waals surface area contributed by atoms with Gasteiger partial charge in [0.1, 0.15) is 5.76 Å². The van der Waals surface area contributed by atoms with Crippen molar-refractivity contribution in [1.82, 2.24) is 9.88 Å². The standard InChI is InChI=1S/C13H17N3O3S/c1-9-6-12(16-19-9)8-15-20(17,18)13-5-3-4-11(7-13)10(2)14/h3-7,10,15H,8,14H2,1-2H3. The van der Waals surface area contributed by atoms with Crippen molar-refractivity contribution in [2.45, 2.75) is 31.3 Å². The van der Waals surface area contributed by atoms with E-state index in [2.05, 4.69) is 9.88 Å². The molecule has 1 unspecified atom stereocenters. The smallest absolute Gasteiger partial charge is 0.240 e. The monoisotopic (exact) mass is 295 g/mol. The van der Waals surface area contributed by atoms with E-state index in [4.69, 9.17) is 10.3 Å². The van der Waals surface area contributed by atoms with Crippen LogP contribution in [0.25, 0.3) is 0 Å². The van der Waals surface area contributed by atoms with E-state index >= 15 is 0 Å². The molecule has 1 aromatic heterocycles. The molecular weight excluding hydrogens is 278 g/mol. The minimum Gasteiger partial charge on any atom is -0.361 e. The molecule has 0 bridgehead atoms. The minimum absolute atomic E-state index is 0.0854. The van der Waals surface area contributed by atoms with Crippen LogP contribution in [0.5, 0.6) is 0 Å². The summed E-state index contributed by atoms with van der Waals surface area (Å²) in [5, 5.41) is 3.74. The predicted molar refractivity (Wildman–Crippen MR) is 74.3 cm³/mol. The molecule has 0 aliphatic carbocycles. The second-order valence-corrected chi connectivity index (χ2v) is 6.38. The van der Waals surface area contributed by atoms with Gasteiger partial charge in [-0.1, -0.05) is 17.3 Å². The lowest BCUT2D eigenvalue weighted by Gasteiger charge is -2.09. The van der Waals surface area contributed by atoms with Gasteiger partial charge in [0.2, 0.25) is 10.0 Å². The van der Waals surface area contributed by atoms with Gasteiger partial charge in [0.15, 0.2) is 0 Å². The Morgan fingerprint density at radius 2 is 2.15 bits per heavy atom. The Hall–Kier alpha value is -1.70. The molecule has 0 fully saturated rings. The second-order valence-electron chi connectivity index (χ2n) is 4.61. The largest absolute Gasteiger partial charge is 0.361 e. The molecule has 0 aliphatic rings. The fourth-order valence-electron chi connectivity index (χ4n) is 1.72. The van der Waals surface area contributed by atoms with E-state index in [-0.39, 0.29) is 17.5 Å². The van der Waals surface area contributed by atoms with E-state index in [1.165, 1.54) is 6.07 Å². The number of rotatable bonds is 5. The van der Waals surface area contributed by atoms with Crippen molar-refractivity contribution in [2.75, 3.05) is 0 Å². The van der Waals surface area contributed by atoms with E-state index < -0.39 is 10.0 Å². The molecule has 6 nitrogen and oxygen atoms in total. The molecule has 1 aromatic carbocycles. The number of hydrogen-bond donors (Lipinski definition) is 2. The third kappa shape index (κ3) is 3.44.